The Balaban J connectivity index is 0.00000338. The Kier molecular flexibility index (Phi) is 8.39. The Morgan fingerprint density at radius 3 is 2.50 bits per heavy atom. The van der Waals surface area contributed by atoms with Crippen LogP contribution in [0.1, 0.15) is 32.1 Å². The van der Waals surface area contributed by atoms with Crippen LogP contribution in [0.3, 0.4) is 0 Å². The molecular weight excluding hydrogens is 443 g/mol. The predicted octanol–water partition coefficient (Wildman–Crippen LogP) is 3.19. The summed E-state index contributed by atoms with van der Waals surface area (Å²) in [4.78, 5) is 16.3. The van der Waals surface area contributed by atoms with Crippen LogP contribution < -0.4 is 16.0 Å². The number of benzene rings is 1. The van der Waals surface area contributed by atoms with Crippen molar-refractivity contribution in [3.8, 4) is 0 Å². The Hall–Kier alpha value is -1.77. The first-order valence-corrected chi connectivity index (χ1v) is 8.59. The molecule has 0 unspecified atom stereocenters. The molecule has 3 N–H and O–H groups in total. The molecule has 0 aliphatic carbocycles. The topological polar surface area (TPSA) is 78.7 Å². The van der Waals surface area contributed by atoms with Gasteiger partial charge in [-0.25, -0.2) is 0 Å². The largest absolute Gasteiger partial charge is 0.459 e. The average molecular weight is 472 g/mol. The molecular formula is C19H29IN4O2. The molecule has 7 heteroatoms. The molecule has 0 aliphatic heterocycles. The zero-order valence-electron chi connectivity index (χ0n) is 16.1. The summed E-state index contributed by atoms with van der Waals surface area (Å²) in [5.74, 6) is 1.54. The van der Waals surface area contributed by atoms with E-state index in [2.05, 4.69) is 33.9 Å². The fourth-order valence-corrected chi connectivity index (χ4v) is 2.56. The zero-order valence-corrected chi connectivity index (χ0v) is 18.4. The van der Waals surface area contributed by atoms with Crippen molar-refractivity contribution in [3.63, 3.8) is 0 Å². The van der Waals surface area contributed by atoms with E-state index in [1.807, 2.05) is 39.0 Å². The molecule has 0 saturated carbocycles. The number of hydrogen-bond acceptors (Lipinski definition) is 3. The van der Waals surface area contributed by atoms with Crippen LogP contribution >= 0.6 is 24.0 Å². The highest BCUT2D eigenvalue weighted by atomic mass is 127. The van der Waals surface area contributed by atoms with E-state index < -0.39 is 5.41 Å². The van der Waals surface area contributed by atoms with Gasteiger partial charge in [-0.15, -0.1) is 24.0 Å². The minimum Gasteiger partial charge on any atom is -0.459 e. The number of rotatable bonds is 6. The van der Waals surface area contributed by atoms with Gasteiger partial charge < -0.3 is 20.4 Å². The summed E-state index contributed by atoms with van der Waals surface area (Å²) in [6.45, 7) is 9.41. The van der Waals surface area contributed by atoms with Crippen LogP contribution in [0.25, 0.3) is 11.0 Å². The number of amides is 1. The minimum atomic E-state index is -0.525. The number of furan rings is 1. The highest BCUT2D eigenvalue weighted by Crippen LogP contribution is 2.24. The Labute approximate surface area is 172 Å². The van der Waals surface area contributed by atoms with Gasteiger partial charge in [0.1, 0.15) is 11.3 Å². The van der Waals surface area contributed by atoms with E-state index in [1.165, 1.54) is 0 Å². The number of guanidine groups is 1. The predicted molar refractivity (Wildman–Crippen MR) is 117 cm³/mol. The van der Waals surface area contributed by atoms with Gasteiger partial charge in [0.25, 0.3) is 0 Å². The highest BCUT2D eigenvalue weighted by Gasteiger charge is 2.27. The van der Waals surface area contributed by atoms with Crippen molar-refractivity contribution < 1.29 is 9.21 Å². The maximum Gasteiger partial charge on any atom is 0.227 e. The molecule has 1 aromatic carbocycles. The molecule has 2 rings (SSSR count). The van der Waals surface area contributed by atoms with Gasteiger partial charge in [0, 0.05) is 31.1 Å². The number of nitrogens with zero attached hydrogens (tertiary/aromatic N) is 1. The van der Waals surface area contributed by atoms with Gasteiger partial charge in [-0.05, 0) is 33.8 Å². The van der Waals surface area contributed by atoms with Crippen molar-refractivity contribution in [1.82, 2.24) is 16.0 Å². The summed E-state index contributed by atoms with van der Waals surface area (Å²) in [5, 5.41) is 10.4. The lowest BCUT2D eigenvalue weighted by atomic mass is 9.92. The first kappa shape index (κ1) is 22.3. The summed E-state index contributed by atoms with van der Waals surface area (Å²) in [6.07, 6.45) is 0. The third-order valence-electron chi connectivity index (χ3n) is 4.23. The lowest BCUT2D eigenvalue weighted by Crippen LogP contribution is -2.47. The standard InChI is InChI=1S/C19H28N4O2.HI/c1-6-21-17(24)19(3,4)12-23-18(20-5)22-11-16-13(2)14-9-7-8-10-15(14)25-16;/h7-10H,6,11-12H2,1-5H3,(H,21,24)(H2,20,22,23);1H. The van der Waals surface area contributed by atoms with Gasteiger partial charge in [-0.3, -0.25) is 9.79 Å². The first-order chi connectivity index (χ1) is 11.9. The molecule has 1 aromatic heterocycles. The number of carbonyl (C=O) groups excluding carboxylic acids is 1. The highest BCUT2D eigenvalue weighted by molar-refractivity contribution is 14.0. The third kappa shape index (κ3) is 5.36. The lowest BCUT2D eigenvalue weighted by molar-refractivity contribution is -0.128. The van der Waals surface area contributed by atoms with E-state index in [-0.39, 0.29) is 29.9 Å². The molecule has 0 bridgehead atoms. The van der Waals surface area contributed by atoms with Crippen LogP contribution in [0.5, 0.6) is 0 Å². The smallest absolute Gasteiger partial charge is 0.227 e. The number of carbonyl (C=O) groups is 1. The maximum atomic E-state index is 12.1. The van der Waals surface area contributed by atoms with Crippen molar-refractivity contribution in [1.29, 1.82) is 0 Å². The monoisotopic (exact) mass is 472 g/mol. The Morgan fingerprint density at radius 2 is 1.88 bits per heavy atom. The van der Waals surface area contributed by atoms with Crippen molar-refractivity contribution in [2.45, 2.75) is 34.2 Å². The number of hydrogen-bond donors (Lipinski definition) is 3. The van der Waals surface area contributed by atoms with Crippen molar-refractivity contribution >= 4 is 46.8 Å². The van der Waals surface area contributed by atoms with E-state index in [4.69, 9.17) is 4.42 Å². The molecule has 0 aliphatic rings. The molecule has 1 heterocycles. The van der Waals surface area contributed by atoms with Gasteiger partial charge in [-0.1, -0.05) is 18.2 Å². The Morgan fingerprint density at radius 1 is 1.19 bits per heavy atom. The summed E-state index contributed by atoms with van der Waals surface area (Å²) in [5.41, 5.74) is 1.49. The number of halogens is 1. The molecule has 6 nitrogen and oxygen atoms in total. The number of fused-ring (bicyclic) bond motifs is 1. The molecule has 0 saturated heterocycles. The number of aliphatic imine (C=N–C) groups is 1. The van der Waals surface area contributed by atoms with Crippen molar-refractivity contribution in [2.24, 2.45) is 10.4 Å². The summed E-state index contributed by atoms with van der Waals surface area (Å²) < 4.78 is 5.90. The molecule has 2 aromatic rings. The van der Waals surface area contributed by atoms with Crippen molar-refractivity contribution in [2.75, 3.05) is 20.1 Å². The summed E-state index contributed by atoms with van der Waals surface area (Å²) in [6, 6.07) is 7.99. The fraction of sp³-hybridized carbons (Fsp3) is 0.474. The lowest BCUT2D eigenvalue weighted by Gasteiger charge is -2.24. The van der Waals surface area contributed by atoms with Gasteiger partial charge in [0.2, 0.25) is 5.91 Å². The van der Waals surface area contributed by atoms with Gasteiger partial charge in [-0.2, -0.15) is 0 Å². The van der Waals surface area contributed by atoms with Crippen LogP contribution in [-0.4, -0.2) is 32.0 Å². The van der Waals surface area contributed by atoms with Gasteiger partial charge in [0.15, 0.2) is 5.96 Å². The average Bonchev–Trinajstić information content (AvgIpc) is 2.92. The van der Waals surface area contributed by atoms with Crippen molar-refractivity contribution in [3.05, 3.63) is 35.6 Å². The van der Waals surface area contributed by atoms with Gasteiger partial charge in [0.05, 0.1) is 12.0 Å². The molecule has 0 fully saturated rings. The minimum absolute atomic E-state index is 0. The molecule has 26 heavy (non-hydrogen) atoms. The molecule has 0 spiro atoms. The summed E-state index contributed by atoms with van der Waals surface area (Å²) in [7, 11) is 1.71. The molecule has 0 atom stereocenters. The van der Waals surface area contributed by atoms with E-state index in [9.17, 15) is 4.79 Å². The van der Waals surface area contributed by atoms with E-state index in [1.54, 1.807) is 7.05 Å². The quantitative estimate of drug-likeness (QED) is 0.343. The molecule has 1 amide bonds. The van der Waals surface area contributed by atoms with E-state index >= 15 is 0 Å². The Bertz CT molecular complexity index is 768. The number of aryl methyl sites for hydroxylation is 1. The van der Waals surface area contributed by atoms with Crippen LogP contribution in [0.4, 0.5) is 0 Å². The number of para-hydroxylation sites is 1. The molecule has 144 valence electrons. The third-order valence-corrected chi connectivity index (χ3v) is 4.23. The second kappa shape index (κ2) is 9.80. The maximum absolute atomic E-state index is 12.1. The van der Waals surface area contributed by atoms with Gasteiger partial charge >= 0.3 is 0 Å². The molecule has 0 radical (unpaired) electrons. The fourth-order valence-electron chi connectivity index (χ4n) is 2.56. The summed E-state index contributed by atoms with van der Waals surface area (Å²) >= 11 is 0. The van der Waals surface area contributed by atoms with Crippen LogP contribution in [-0.2, 0) is 11.3 Å². The second-order valence-electron chi connectivity index (χ2n) is 6.67. The van der Waals surface area contributed by atoms with Crippen LogP contribution in [0.2, 0.25) is 0 Å². The SMILES string of the molecule is CCNC(=O)C(C)(C)CNC(=NC)NCc1oc2ccccc2c1C.I. The van der Waals surface area contributed by atoms with E-state index in [0.29, 0.717) is 25.6 Å². The number of nitrogens with one attached hydrogen (secondary N) is 3. The zero-order chi connectivity index (χ0) is 18.4. The van der Waals surface area contributed by atoms with Crippen LogP contribution in [0, 0.1) is 12.3 Å². The first-order valence-electron chi connectivity index (χ1n) is 8.59. The normalized spacial score (nSPS) is 11.8. The van der Waals surface area contributed by atoms with E-state index in [0.717, 1.165) is 22.3 Å². The van der Waals surface area contributed by atoms with Crippen LogP contribution in [0.15, 0.2) is 33.7 Å². The second-order valence-corrected chi connectivity index (χ2v) is 6.67.